The number of carbonyl (C=O) groups excluding carboxylic acids is 4. The van der Waals surface area contributed by atoms with Gasteiger partial charge in [0.2, 0.25) is 11.8 Å². The lowest BCUT2D eigenvalue weighted by Crippen LogP contribution is -2.54. The second-order valence-electron chi connectivity index (χ2n) is 7.27. The molecular weight excluding hydrogens is 364 g/mol. The third-order valence-corrected chi connectivity index (χ3v) is 4.94. The first-order valence-corrected chi connectivity index (χ1v) is 9.19. The van der Waals surface area contributed by atoms with Crippen molar-refractivity contribution in [3.8, 4) is 0 Å². The summed E-state index contributed by atoms with van der Waals surface area (Å²) >= 11 is 0. The van der Waals surface area contributed by atoms with Gasteiger partial charge in [-0.3, -0.25) is 29.0 Å². The van der Waals surface area contributed by atoms with Gasteiger partial charge in [-0.05, 0) is 32.4 Å². The summed E-state index contributed by atoms with van der Waals surface area (Å²) in [7, 11) is 1.37. The van der Waals surface area contributed by atoms with Crippen molar-refractivity contribution in [1.29, 1.82) is 0 Å². The van der Waals surface area contributed by atoms with Gasteiger partial charge >= 0.3 is 0 Å². The smallest absolute Gasteiger partial charge is 0.257 e. The summed E-state index contributed by atoms with van der Waals surface area (Å²) in [5.74, 6) is -1.51. The van der Waals surface area contributed by atoms with E-state index in [4.69, 9.17) is 0 Å². The molecule has 0 spiro atoms. The maximum absolute atomic E-state index is 12.9. The Balaban J connectivity index is 1.83. The molecule has 1 aromatic rings. The highest BCUT2D eigenvalue weighted by Crippen LogP contribution is 2.39. The predicted octanol–water partition coefficient (Wildman–Crippen LogP) is 0.217. The Labute approximate surface area is 162 Å². The minimum atomic E-state index is -1.34. The second-order valence-corrected chi connectivity index (χ2v) is 7.27. The topological polar surface area (TPSA) is 119 Å². The molecule has 9 heteroatoms. The highest BCUT2D eigenvalue weighted by Gasteiger charge is 2.46. The lowest BCUT2D eigenvalue weighted by molar-refractivity contribution is -0.153. The summed E-state index contributed by atoms with van der Waals surface area (Å²) in [5, 5.41) is 16.5. The third kappa shape index (κ3) is 3.45. The minimum Gasteiger partial charge on any atom is -0.376 e. The molecule has 0 aliphatic carbocycles. The van der Waals surface area contributed by atoms with Crippen molar-refractivity contribution in [3.05, 3.63) is 29.3 Å². The van der Waals surface area contributed by atoms with Crippen LogP contribution in [0.15, 0.2) is 18.2 Å². The van der Waals surface area contributed by atoms with Crippen LogP contribution in [0.25, 0.3) is 0 Å². The van der Waals surface area contributed by atoms with Crippen LogP contribution >= 0.6 is 0 Å². The van der Waals surface area contributed by atoms with Crippen LogP contribution < -0.4 is 10.6 Å². The molecule has 2 aliphatic heterocycles. The van der Waals surface area contributed by atoms with Gasteiger partial charge in [0.25, 0.3) is 11.8 Å². The average molecular weight is 388 g/mol. The number of fused-ring (bicyclic) bond motifs is 1. The maximum atomic E-state index is 12.9. The number of imide groups is 1. The van der Waals surface area contributed by atoms with Crippen molar-refractivity contribution in [2.75, 3.05) is 18.9 Å². The molecule has 0 bridgehead atoms. The molecule has 1 saturated heterocycles. The summed E-state index contributed by atoms with van der Waals surface area (Å²) in [4.78, 5) is 51.1. The molecule has 28 heavy (non-hydrogen) atoms. The lowest BCUT2D eigenvalue weighted by Gasteiger charge is -2.35. The van der Waals surface area contributed by atoms with Gasteiger partial charge in [0.05, 0.1) is 6.54 Å². The van der Waals surface area contributed by atoms with Crippen molar-refractivity contribution in [3.63, 3.8) is 0 Å². The summed E-state index contributed by atoms with van der Waals surface area (Å²) in [6.07, 6.45) is -1.05. The SMILES string of the molecule is CC(C)NC(=O)CNc1cccc2c1C(O)N(C1CCC(=O)N(C)C1=O)C2=O. The second kappa shape index (κ2) is 7.59. The Hall–Kier alpha value is -2.94. The van der Waals surface area contributed by atoms with E-state index in [0.717, 1.165) is 9.80 Å². The monoisotopic (exact) mass is 388 g/mol. The van der Waals surface area contributed by atoms with E-state index in [-0.39, 0.29) is 42.8 Å². The quantitative estimate of drug-likeness (QED) is 0.621. The van der Waals surface area contributed by atoms with Crippen LogP contribution in [0.2, 0.25) is 0 Å². The molecule has 1 aromatic carbocycles. The molecule has 150 valence electrons. The molecule has 3 N–H and O–H groups in total. The Kier molecular flexibility index (Phi) is 5.37. The third-order valence-electron chi connectivity index (χ3n) is 4.94. The fraction of sp³-hybridized carbons (Fsp3) is 0.474. The van der Waals surface area contributed by atoms with E-state index in [0.29, 0.717) is 11.3 Å². The number of piperidine rings is 1. The van der Waals surface area contributed by atoms with Crippen molar-refractivity contribution in [1.82, 2.24) is 15.1 Å². The van der Waals surface area contributed by atoms with Crippen molar-refractivity contribution >= 4 is 29.3 Å². The highest BCUT2D eigenvalue weighted by molar-refractivity contribution is 6.06. The van der Waals surface area contributed by atoms with Gasteiger partial charge in [0.15, 0.2) is 6.23 Å². The zero-order valence-corrected chi connectivity index (χ0v) is 16.1. The number of benzene rings is 1. The van der Waals surface area contributed by atoms with E-state index in [2.05, 4.69) is 10.6 Å². The number of carbonyl (C=O) groups is 4. The predicted molar refractivity (Wildman–Crippen MR) is 100 cm³/mol. The molecular formula is C19H24N4O5. The number of rotatable bonds is 5. The number of aliphatic hydroxyl groups is 1. The lowest BCUT2D eigenvalue weighted by atomic mass is 10.0. The number of likely N-dealkylation sites (tertiary alicyclic amines) is 1. The van der Waals surface area contributed by atoms with Crippen molar-refractivity contribution in [2.24, 2.45) is 0 Å². The van der Waals surface area contributed by atoms with Crippen molar-refractivity contribution < 1.29 is 24.3 Å². The fourth-order valence-corrected chi connectivity index (χ4v) is 3.59. The fourth-order valence-electron chi connectivity index (χ4n) is 3.59. The van der Waals surface area contributed by atoms with Crippen LogP contribution in [0.1, 0.15) is 48.8 Å². The Morgan fingerprint density at radius 1 is 1.29 bits per heavy atom. The Morgan fingerprint density at radius 3 is 2.68 bits per heavy atom. The minimum absolute atomic E-state index is 0.00420. The highest BCUT2D eigenvalue weighted by atomic mass is 16.3. The molecule has 4 amide bonds. The van der Waals surface area contributed by atoms with Gasteiger partial charge in [0, 0.05) is 36.3 Å². The number of nitrogens with zero attached hydrogens (tertiary/aromatic N) is 2. The first-order valence-electron chi connectivity index (χ1n) is 9.19. The maximum Gasteiger partial charge on any atom is 0.257 e. The summed E-state index contributed by atoms with van der Waals surface area (Å²) in [6, 6.07) is 3.97. The molecule has 2 aliphatic rings. The van der Waals surface area contributed by atoms with Crippen LogP contribution in [0.4, 0.5) is 5.69 Å². The number of aliphatic hydroxyl groups excluding tert-OH is 1. The van der Waals surface area contributed by atoms with Crippen LogP contribution in [0.5, 0.6) is 0 Å². The number of amides is 4. The number of hydrogen-bond donors (Lipinski definition) is 3. The average Bonchev–Trinajstić information content (AvgIpc) is 2.89. The number of nitrogens with one attached hydrogen (secondary N) is 2. The number of anilines is 1. The standard InChI is InChI=1S/C19H24N4O5/c1-10(2)21-14(24)9-20-12-6-4-5-11-16(12)19(28)23(17(11)26)13-7-8-15(25)22(3)18(13)27/h4-6,10,13,19-20,28H,7-9H2,1-3H3,(H,21,24). The molecule has 0 aromatic heterocycles. The number of likely N-dealkylation sites (N-methyl/N-ethyl adjacent to an activating group) is 1. The van der Waals surface area contributed by atoms with E-state index in [1.165, 1.54) is 7.05 Å². The first-order chi connectivity index (χ1) is 13.2. The van der Waals surface area contributed by atoms with Gasteiger partial charge < -0.3 is 15.7 Å². The molecule has 3 rings (SSSR count). The van der Waals surface area contributed by atoms with Crippen LogP contribution in [-0.4, -0.2) is 64.2 Å². The van der Waals surface area contributed by atoms with Gasteiger partial charge in [-0.1, -0.05) is 6.07 Å². The zero-order chi connectivity index (χ0) is 20.6. The van der Waals surface area contributed by atoms with Gasteiger partial charge in [-0.25, -0.2) is 0 Å². The van der Waals surface area contributed by atoms with E-state index >= 15 is 0 Å². The normalized spacial score (nSPS) is 22.0. The van der Waals surface area contributed by atoms with Crippen LogP contribution in [0, 0.1) is 0 Å². The van der Waals surface area contributed by atoms with Crippen molar-refractivity contribution in [2.45, 2.75) is 45.0 Å². The van der Waals surface area contributed by atoms with Crippen LogP contribution in [0.3, 0.4) is 0 Å². The first kappa shape index (κ1) is 19.8. The Bertz CT molecular complexity index is 838. The van der Waals surface area contributed by atoms with Crippen LogP contribution in [-0.2, 0) is 14.4 Å². The largest absolute Gasteiger partial charge is 0.376 e. The molecule has 9 nitrogen and oxygen atoms in total. The van der Waals surface area contributed by atoms with Gasteiger partial charge in [-0.2, -0.15) is 0 Å². The van der Waals surface area contributed by atoms with E-state index < -0.39 is 24.1 Å². The summed E-state index contributed by atoms with van der Waals surface area (Å²) in [6.45, 7) is 3.68. The Morgan fingerprint density at radius 2 is 2.00 bits per heavy atom. The zero-order valence-electron chi connectivity index (χ0n) is 16.1. The van der Waals surface area contributed by atoms with E-state index in [1.54, 1.807) is 18.2 Å². The molecule has 0 saturated carbocycles. The van der Waals surface area contributed by atoms with E-state index in [1.807, 2.05) is 13.8 Å². The molecule has 2 atom stereocenters. The molecule has 2 heterocycles. The molecule has 2 unspecified atom stereocenters. The summed E-state index contributed by atoms with van der Waals surface area (Å²) < 4.78 is 0. The van der Waals surface area contributed by atoms with Gasteiger partial charge in [-0.15, -0.1) is 0 Å². The summed E-state index contributed by atoms with van der Waals surface area (Å²) in [5.41, 5.74) is 1.05. The molecule has 0 radical (unpaired) electrons. The van der Waals surface area contributed by atoms with E-state index in [9.17, 15) is 24.3 Å². The number of hydrogen-bond acceptors (Lipinski definition) is 6. The molecule has 1 fully saturated rings. The van der Waals surface area contributed by atoms with Gasteiger partial charge in [0.1, 0.15) is 6.04 Å².